The third-order valence-electron chi connectivity index (χ3n) is 3.36. The standard InChI is InChI=1S/C14H13ClN2O2S/c15-11-2-5-13(6-3-11)20(18,19)17-8-7-10-1-4-12(16)9-14(10)17/h1-6,9H,7-8,16H2. The van der Waals surface area contributed by atoms with Gasteiger partial charge >= 0.3 is 0 Å². The smallest absolute Gasteiger partial charge is 0.264 e. The van der Waals surface area contributed by atoms with E-state index < -0.39 is 10.0 Å². The lowest BCUT2D eigenvalue weighted by Gasteiger charge is -2.19. The van der Waals surface area contributed by atoms with Gasteiger partial charge in [-0.25, -0.2) is 8.42 Å². The highest BCUT2D eigenvalue weighted by atomic mass is 35.5. The van der Waals surface area contributed by atoms with Gasteiger partial charge in [0.25, 0.3) is 10.0 Å². The van der Waals surface area contributed by atoms with E-state index in [0.717, 1.165) is 5.56 Å². The SMILES string of the molecule is Nc1ccc2c(c1)N(S(=O)(=O)c1ccc(Cl)cc1)CC2. The molecular weight excluding hydrogens is 296 g/mol. The van der Waals surface area contributed by atoms with E-state index in [0.29, 0.717) is 29.4 Å². The number of nitrogens with two attached hydrogens (primary N) is 1. The molecule has 6 heteroatoms. The molecule has 0 radical (unpaired) electrons. The largest absolute Gasteiger partial charge is 0.399 e. The number of sulfonamides is 1. The van der Waals surface area contributed by atoms with Gasteiger partial charge < -0.3 is 5.73 Å². The van der Waals surface area contributed by atoms with Crippen LogP contribution in [0.4, 0.5) is 11.4 Å². The zero-order valence-electron chi connectivity index (χ0n) is 10.6. The Bertz CT molecular complexity index is 757. The van der Waals surface area contributed by atoms with Crippen molar-refractivity contribution in [2.75, 3.05) is 16.6 Å². The molecule has 0 spiro atoms. The minimum atomic E-state index is -3.57. The molecule has 1 aliphatic rings. The van der Waals surface area contributed by atoms with E-state index in [-0.39, 0.29) is 4.90 Å². The van der Waals surface area contributed by atoms with Crippen LogP contribution in [-0.4, -0.2) is 15.0 Å². The zero-order valence-corrected chi connectivity index (χ0v) is 12.2. The van der Waals surface area contributed by atoms with Crippen molar-refractivity contribution in [1.82, 2.24) is 0 Å². The van der Waals surface area contributed by atoms with Crippen LogP contribution in [0.25, 0.3) is 0 Å². The van der Waals surface area contributed by atoms with Crippen LogP contribution in [0, 0.1) is 0 Å². The van der Waals surface area contributed by atoms with Crippen LogP contribution in [0.1, 0.15) is 5.56 Å². The maximum Gasteiger partial charge on any atom is 0.264 e. The molecule has 3 rings (SSSR count). The minimum Gasteiger partial charge on any atom is -0.399 e. The molecule has 0 saturated heterocycles. The zero-order chi connectivity index (χ0) is 14.3. The van der Waals surface area contributed by atoms with Crippen molar-refractivity contribution in [3.63, 3.8) is 0 Å². The Labute approximate surface area is 122 Å². The third-order valence-corrected chi connectivity index (χ3v) is 5.44. The van der Waals surface area contributed by atoms with Crippen molar-refractivity contribution in [2.24, 2.45) is 0 Å². The molecule has 0 amide bonds. The second kappa shape index (κ2) is 4.68. The van der Waals surface area contributed by atoms with Gasteiger partial charge in [-0.1, -0.05) is 17.7 Å². The molecule has 0 atom stereocenters. The molecule has 1 heterocycles. The quantitative estimate of drug-likeness (QED) is 0.868. The minimum absolute atomic E-state index is 0.233. The van der Waals surface area contributed by atoms with E-state index in [9.17, 15) is 8.42 Å². The highest BCUT2D eigenvalue weighted by molar-refractivity contribution is 7.92. The highest BCUT2D eigenvalue weighted by Crippen LogP contribution is 2.34. The Hall–Kier alpha value is -1.72. The first-order valence-electron chi connectivity index (χ1n) is 6.15. The number of fused-ring (bicyclic) bond motifs is 1. The maximum absolute atomic E-state index is 12.7. The summed E-state index contributed by atoms with van der Waals surface area (Å²) in [6, 6.07) is 11.6. The van der Waals surface area contributed by atoms with Gasteiger partial charge in [-0.2, -0.15) is 0 Å². The van der Waals surface area contributed by atoms with E-state index in [2.05, 4.69) is 0 Å². The van der Waals surface area contributed by atoms with Gasteiger partial charge in [-0.05, 0) is 48.4 Å². The van der Waals surface area contributed by atoms with Crippen LogP contribution in [0.2, 0.25) is 5.02 Å². The van der Waals surface area contributed by atoms with Crippen LogP contribution in [-0.2, 0) is 16.4 Å². The molecule has 0 bridgehead atoms. The van der Waals surface area contributed by atoms with Crippen molar-refractivity contribution in [3.05, 3.63) is 53.1 Å². The van der Waals surface area contributed by atoms with E-state index >= 15 is 0 Å². The number of benzene rings is 2. The summed E-state index contributed by atoms with van der Waals surface area (Å²) in [5, 5.41) is 0.509. The molecule has 4 nitrogen and oxygen atoms in total. The van der Waals surface area contributed by atoms with Crippen LogP contribution in [0.3, 0.4) is 0 Å². The normalized spacial score (nSPS) is 14.3. The van der Waals surface area contributed by atoms with Gasteiger partial charge in [0.15, 0.2) is 0 Å². The molecule has 2 aromatic rings. The lowest BCUT2D eigenvalue weighted by molar-refractivity contribution is 0.592. The second-order valence-corrected chi connectivity index (χ2v) is 6.97. The molecule has 2 N–H and O–H groups in total. The summed E-state index contributed by atoms with van der Waals surface area (Å²) in [5.74, 6) is 0. The van der Waals surface area contributed by atoms with E-state index in [1.54, 1.807) is 24.3 Å². The Morgan fingerprint density at radius 1 is 1.10 bits per heavy atom. The van der Waals surface area contributed by atoms with Crippen LogP contribution in [0.5, 0.6) is 0 Å². The highest BCUT2D eigenvalue weighted by Gasteiger charge is 2.30. The molecule has 1 aliphatic heterocycles. The number of nitrogen functional groups attached to an aromatic ring is 1. The van der Waals surface area contributed by atoms with Gasteiger partial charge in [0.1, 0.15) is 0 Å². The number of hydrogen-bond donors (Lipinski definition) is 1. The van der Waals surface area contributed by atoms with Gasteiger partial charge in [-0.3, -0.25) is 4.31 Å². The number of hydrogen-bond acceptors (Lipinski definition) is 3. The Kier molecular flexibility index (Phi) is 3.11. The molecule has 0 saturated carbocycles. The molecular formula is C14H13ClN2O2S. The summed E-state index contributed by atoms with van der Waals surface area (Å²) in [6.45, 7) is 0.434. The molecule has 104 valence electrons. The molecule has 20 heavy (non-hydrogen) atoms. The Balaban J connectivity index is 2.07. The summed E-state index contributed by atoms with van der Waals surface area (Å²) < 4.78 is 26.7. The lowest BCUT2D eigenvalue weighted by Crippen LogP contribution is -2.29. The van der Waals surface area contributed by atoms with E-state index in [4.69, 9.17) is 17.3 Å². The fourth-order valence-electron chi connectivity index (χ4n) is 2.35. The fourth-order valence-corrected chi connectivity index (χ4v) is 3.97. The Morgan fingerprint density at radius 2 is 1.80 bits per heavy atom. The average molecular weight is 309 g/mol. The average Bonchev–Trinajstić information content (AvgIpc) is 2.82. The first kappa shape index (κ1) is 13.3. The van der Waals surface area contributed by atoms with Crippen LogP contribution >= 0.6 is 11.6 Å². The van der Waals surface area contributed by atoms with E-state index in [1.165, 1.54) is 16.4 Å². The predicted molar refractivity (Wildman–Crippen MR) is 80.5 cm³/mol. The van der Waals surface area contributed by atoms with Crippen molar-refractivity contribution in [1.29, 1.82) is 0 Å². The van der Waals surface area contributed by atoms with Gasteiger partial charge in [-0.15, -0.1) is 0 Å². The molecule has 0 fully saturated rings. The number of anilines is 2. The lowest BCUT2D eigenvalue weighted by atomic mass is 10.1. The second-order valence-electron chi connectivity index (χ2n) is 4.67. The summed E-state index contributed by atoms with van der Waals surface area (Å²) >= 11 is 5.80. The summed E-state index contributed by atoms with van der Waals surface area (Å²) in [6.07, 6.45) is 0.697. The maximum atomic E-state index is 12.7. The third kappa shape index (κ3) is 2.13. The molecule has 0 aromatic heterocycles. The monoisotopic (exact) mass is 308 g/mol. The first-order chi connectivity index (χ1) is 9.48. The number of rotatable bonds is 2. The van der Waals surface area contributed by atoms with Crippen molar-refractivity contribution in [3.8, 4) is 0 Å². The van der Waals surface area contributed by atoms with Crippen LogP contribution in [0.15, 0.2) is 47.4 Å². The van der Waals surface area contributed by atoms with Crippen molar-refractivity contribution in [2.45, 2.75) is 11.3 Å². The molecule has 0 unspecified atom stereocenters. The first-order valence-corrected chi connectivity index (χ1v) is 7.97. The van der Waals surface area contributed by atoms with Gasteiger partial charge in [0, 0.05) is 17.3 Å². The molecule has 0 aliphatic carbocycles. The van der Waals surface area contributed by atoms with Crippen molar-refractivity contribution >= 4 is 33.0 Å². The number of nitrogens with zero attached hydrogens (tertiary/aromatic N) is 1. The van der Waals surface area contributed by atoms with Crippen molar-refractivity contribution < 1.29 is 8.42 Å². The molecule has 2 aromatic carbocycles. The fraction of sp³-hybridized carbons (Fsp3) is 0.143. The number of halogens is 1. The van der Waals surface area contributed by atoms with E-state index in [1.807, 2.05) is 6.07 Å². The summed E-state index contributed by atoms with van der Waals surface area (Å²) in [7, 11) is -3.57. The topological polar surface area (TPSA) is 63.4 Å². The Morgan fingerprint density at radius 3 is 2.50 bits per heavy atom. The van der Waals surface area contributed by atoms with Gasteiger partial charge in [0.2, 0.25) is 0 Å². The van der Waals surface area contributed by atoms with Crippen LogP contribution < -0.4 is 10.0 Å². The van der Waals surface area contributed by atoms with Gasteiger partial charge in [0.05, 0.1) is 10.6 Å². The summed E-state index contributed by atoms with van der Waals surface area (Å²) in [5.41, 5.74) is 7.98. The predicted octanol–water partition coefficient (Wildman–Crippen LogP) is 2.67. The summed E-state index contributed by atoms with van der Waals surface area (Å²) in [4.78, 5) is 0.233.